The molecule has 0 radical (unpaired) electrons. The maximum absolute atomic E-state index is 5.61. The van der Waals surface area contributed by atoms with E-state index in [1.807, 2.05) is 0 Å². The standard InChI is InChI=1S/C13H27NO/c1-6-11(2)13(7-8-15-10-13)9-14-12(3,4)5/h11,14H,6-10H2,1-5H3. The molecular weight excluding hydrogens is 186 g/mol. The lowest BCUT2D eigenvalue weighted by Crippen LogP contribution is -2.47. The van der Waals surface area contributed by atoms with Crippen LogP contribution < -0.4 is 5.32 Å². The van der Waals surface area contributed by atoms with Gasteiger partial charge in [0.05, 0.1) is 6.61 Å². The van der Waals surface area contributed by atoms with E-state index in [4.69, 9.17) is 4.74 Å². The van der Waals surface area contributed by atoms with Crippen LogP contribution in [0.5, 0.6) is 0 Å². The molecule has 0 aromatic heterocycles. The summed E-state index contributed by atoms with van der Waals surface area (Å²) in [7, 11) is 0. The first-order valence-corrected chi connectivity index (χ1v) is 6.22. The van der Waals surface area contributed by atoms with Crippen LogP contribution in [0.2, 0.25) is 0 Å². The maximum atomic E-state index is 5.61. The van der Waals surface area contributed by atoms with Crippen LogP contribution >= 0.6 is 0 Å². The van der Waals surface area contributed by atoms with Crippen LogP contribution in [0.1, 0.15) is 47.5 Å². The quantitative estimate of drug-likeness (QED) is 0.775. The second-order valence-corrected chi connectivity index (χ2v) is 6.08. The van der Waals surface area contributed by atoms with E-state index in [1.54, 1.807) is 0 Å². The summed E-state index contributed by atoms with van der Waals surface area (Å²) < 4.78 is 5.61. The Balaban J connectivity index is 2.58. The van der Waals surface area contributed by atoms with Crippen LogP contribution in [0.15, 0.2) is 0 Å². The molecule has 90 valence electrons. The molecule has 1 aliphatic rings. The normalized spacial score (nSPS) is 29.4. The predicted octanol–water partition coefficient (Wildman–Crippen LogP) is 2.83. The summed E-state index contributed by atoms with van der Waals surface area (Å²) in [5.74, 6) is 0.745. The molecule has 0 aromatic carbocycles. The third kappa shape index (κ3) is 3.46. The SMILES string of the molecule is CCC(C)C1(CNC(C)(C)C)CCOC1. The fourth-order valence-corrected chi connectivity index (χ4v) is 2.20. The van der Waals surface area contributed by atoms with Gasteiger partial charge in [0.25, 0.3) is 0 Å². The van der Waals surface area contributed by atoms with Gasteiger partial charge in [0.2, 0.25) is 0 Å². The fraction of sp³-hybridized carbons (Fsp3) is 1.00. The van der Waals surface area contributed by atoms with Gasteiger partial charge in [-0.2, -0.15) is 0 Å². The van der Waals surface area contributed by atoms with E-state index >= 15 is 0 Å². The molecule has 2 heteroatoms. The molecule has 1 saturated heterocycles. The lowest BCUT2D eigenvalue weighted by molar-refractivity contribution is 0.102. The summed E-state index contributed by atoms with van der Waals surface area (Å²) in [6.07, 6.45) is 2.46. The van der Waals surface area contributed by atoms with E-state index in [2.05, 4.69) is 39.9 Å². The molecule has 2 unspecified atom stereocenters. The summed E-state index contributed by atoms with van der Waals surface area (Å²) in [6.45, 7) is 14.3. The average molecular weight is 213 g/mol. The minimum absolute atomic E-state index is 0.211. The Kier molecular flexibility index (Phi) is 4.19. The van der Waals surface area contributed by atoms with E-state index in [9.17, 15) is 0 Å². The van der Waals surface area contributed by atoms with E-state index in [0.717, 1.165) is 25.7 Å². The molecule has 0 spiro atoms. The number of nitrogens with one attached hydrogen (secondary N) is 1. The molecule has 1 N–H and O–H groups in total. The van der Waals surface area contributed by atoms with E-state index < -0.39 is 0 Å². The number of rotatable bonds is 4. The highest BCUT2D eigenvalue weighted by atomic mass is 16.5. The molecule has 1 aliphatic heterocycles. The molecule has 0 amide bonds. The Hall–Kier alpha value is -0.0800. The summed E-state index contributed by atoms with van der Waals surface area (Å²) in [4.78, 5) is 0. The van der Waals surface area contributed by atoms with Crippen molar-refractivity contribution < 1.29 is 4.74 Å². The molecule has 1 heterocycles. The van der Waals surface area contributed by atoms with Gasteiger partial charge >= 0.3 is 0 Å². The molecule has 2 atom stereocenters. The number of hydrogen-bond acceptors (Lipinski definition) is 2. The zero-order valence-corrected chi connectivity index (χ0v) is 11.0. The second-order valence-electron chi connectivity index (χ2n) is 6.08. The Morgan fingerprint density at radius 2 is 2.07 bits per heavy atom. The smallest absolute Gasteiger partial charge is 0.0538 e. The second kappa shape index (κ2) is 4.84. The van der Waals surface area contributed by atoms with Gasteiger partial charge in [0, 0.05) is 24.1 Å². The Bertz CT molecular complexity index is 189. The summed E-state index contributed by atoms with van der Waals surface area (Å²) in [5, 5.41) is 3.64. The maximum Gasteiger partial charge on any atom is 0.0538 e. The summed E-state index contributed by atoms with van der Waals surface area (Å²) in [6, 6.07) is 0. The van der Waals surface area contributed by atoms with Crippen molar-refractivity contribution in [3.05, 3.63) is 0 Å². The molecule has 15 heavy (non-hydrogen) atoms. The monoisotopic (exact) mass is 213 g/mol. The van der Waals surface area contributed by atoms with Gasteiger partial charge < -0.3 is 10.1 Å². The predicted molar refractivity (Wildman–Crippen MR) is 65.1 cm³/mol. The third-order valence-electron chi connectivity index (χ3n) is 3.76. The van der Waals surface area contributed by atoms with E-state index in [0.29, 0.717) is 5.41 Å². The zero-order valence-electron chi connectivity index (χ0n) is 11.0. The fourth-order valence-electron chi connectivity index (χ4n) is 2.20. The molecule has 1 rings (SSSR count). The van der Waals surface area contributed by atoms with Crippen LogP contribution in [0, 0.1) is 11.3 Å². The first-order valence-electron chi connectivity index (χ1n) is 6.22. The van der Waals surface area contributed by atoms with Gasteiger partial charge in [-0.05, 0) is 33.1 Å². The van der Waals surface area contributed by atoms with Crippen molar-refractivity contribution in [2.24, 2.45) is 11.3 Å². The highest BCUT2D eigenvalue weighted by molar-refractivity contribution is 4.91. The minimum atomic E-state index is 0.211. The van der Waals surface area contributed by atoms with Gasteiger partial charge in [0.1, 0.15) is 0 Å². The van der Waals surface area contributed by atoms with Gasteiger partial charge in [-0.15, -0.1) is 0 Å². The van der Waals surface area contributed by atoms with Crippen molar-refractivity contribution in [2.75, 3.05) is 19.8 Å². The minimum Gasteiger partial charge on any atom is -0.381 e. The van der Waals surface area contributed by atoms with E-state index in [1.165, 1.54) is 12.8 Å². The van der Waals surface area contributed by atoms with Crippen molar-refractivity contribution in [1.82, 2.24) is 5.32 Å². The van der Waals surface area contributed by atoms with Crippen molar-refractivity contribution in [2.45, 2.75) is 53.0 Å². The van der Waals surface area contributed by atoms with Crippen LogP contribution in [0.25, 0.3) is 0 Å². The van der Waals surface area contributed by atoms with Crippen LogP contribution in [-0.4, -0.2) is 25.3 Å². The molecule has 0 aliphatic carbocycles. The third-order valence-corrected chi connectivity index (χ3v) is 3.76. The van der Waals surface area contributed by atoms with Gasteiger partial charge in [0.15, 0.2) is 0 Å². The van der Waals surface area contributed by atoms with Crippen molar-refractivity contribution >= 4 is 0 Å². The Morgan fingerprint density at radius 1 is 1.40 bits per heavy atom. The topological polar surface area (TPSA) is 21.3 Å². The molecule has 0 saturated carbocycles. The molecular formula is C13H27NO. The van der Waals surface area contributed by atoms with Gasteiger partial charge in [-0.25, -0.2) is 0 Å². The van der Waals surface area contributed by atoms with E-state index in [-0.39, 0.29) is 5.54 Å². The lowest BCUT2D eigenvalue weighted by Gasteiger charge is -2.36. The molecule has 0 bridgehead atoms. The zero-order chi connectivity index (χ0) is 11.5. The van der Waals surface area contributed by atoms with Crippen LogP contribution in [0.3, 0.4) is 0 Å². The molecule has 1 fully saturated rings. The Morgan fingerprint density at radius 3 is 2.47 bits per heavy atom. The van der Waals surface area contributed by atoms with Crippen molar-refractivity contribution in [3.8, 4) is 0 Å². The van der Waals surface area contributed by atoms with Crippen molar-refractivity contribution in [3.63, 3.8) is 0 Å². The van der Waals surface area contributed by atoms with Crippen LogP contribution in [0.4, 0.5) is 0 Å². The summed E-state index contributed by atoms with van der Waals surface area (Å²) in [5.41, 5.74) is 0.588. The molecule has 2 nitrogen and oxygen atoms in total. The number of hydrogen-bond donors (Lipinski definition) is 1. The highest BCUT2D eigenvalue weighted by Crippen LogP contribution is 2.38. The van der Waals surface area contributed by atoms with Gasteiger partial charge in [-0.1, -0.05) is 20.3 Å². The van der Waals surface area contributed by atoms with Crippen LogP contribution in [-0.2, 0) is 4.74 Å². The lowest BCUT2D eigenvalue weighted by atomic mass is 9.74. The molecule has 0 aromatic rings. The van der Waals surface area contributed by atoms with Gasteiger partial charge in [-0.3, -0.25) is 0 Å². The first-order chi connectivity index (χ1) is 6.90. The number of ether oxygens (including phenoxy) is 1. The van der Waals surface area contributed by atoms with Crippen molar-refractivity contribution in [1.29, 1.82) is 0 Å². The first kappa shape index (κ1) is 13.0. The highest BCUT2D eigenvalue weighted by Gasteiger charge is 2.39. The summed E-state index contributed by atoms with van der Waals surface area (Å²) >= 11 is 0. The largest absolute Gasteiger partial charge is 0.381 e. The average Bonchev–Trinajstić information content (AvgIpc) is 2.62. The Labute approximate surface area is 94.8 Å².